The van der Waals surface area contributed by atoms with E-state index < -0.39 is 0 Å². The minimum Gasteiger partial charge on any atom is -0.466 e. The van der Waals surface area contributed by atoms with E-state index in [1.165, 1.54) is 11.1 Å². The Hall–Kier alpha value is -2.27. The van der Waals surface area contributed by atoms with Crippen molar-refractivity contribution in [1.29, 1.82) is 0 Å². The molecule has 0 bridgehead atoms. The quantitative estimate of drug-likeness (QED) is 0.587. The number of rotatable bonds is 6. The first-order valence-electron chi connectivity index (χ1n) is 10.4. The van der Waals surface area contributed by atoms with Gasteiger partial charge in [-0.15, -0.1) is 0 Å². The second-order valence-electron chi connectivity index (χ2n) is 7.75. The van der Waals surface area contributed by atoms with Crippen LogP contribution >= 0.6 is 0 Å². The molecule has 2 N–H and O–H groups in total. The van der Waals surface area contributed by atoms with Gasteiger partial charge in [0.25, 0.3) is 0 Å². The highest BCUT2D eigenvalue weighted by molar-refractivity contribution is 5.80. The van der Waals surface area contributed by atoms with E-state index in [1.54, 1.807) is 0 Å². The van der Waals surface area contributed by atoms with Gasteiger partial charge in [-0.25, -0.2) is 4.99 Å². The number of benzene rings is 1. The molecule has 1 aliphatic heterocycles. The highest BCUT2D eigenvalue weighted by Crippen LogP contribution is 2.17. The van der Waals surface area contributed by atoms with E-state index in [1.807, 2.05) is 13.8 Å². The lowest BCUT2D eigenvalue weighted by atomic mass is 10.0. The molecule has 1 fully saturated rings. The van der Waals surface area contributed by atoms with E-state index in [0.717, 1.165) is 62.1 Å². The molecular formula is C23H34N4O. The maximum atomic E-state index is 5.61. The summed E-state index contributed by atoms with van der Waals surface area (Å²) in [5.41, 5.74) is 3.98. The Balaban J connectivity index is 1.51. The number of nitrogens with zero attached hydrogens (tertiary/aromatic N) is 2. The molecule has 5 nitrogen and oxygen atoms in total. The number of hydrogen-bond acceptors (Lipinski definition) is 3. The van der Waals surface area contributed by atoms with Crippen LogP contribution in [0.15, 0.2) is 39.7 Å². The van der Waals surface area contributed by atoms with Crippen LogP contribution in [0.3, 0.4) is 0 Å². The number of piperidine rings is 1. The van der Waals surface area contributed by atoms with Crippen LogP contribution in [-0.4, -0.2) is 36.5 Å². The maximum Gasteiger partial charge on any atom is 0.191 e. The second-order valence-corrected chi connectivity index (χ2v) is 7.75. The lowest BCUT2D eigenvalue weighted by Gasteiger charge is -2.33. The highest BCUT2D eigenvalue weighted by Gasteiger charge is 2.20. The van der Waals surface area contributed by atoms with Crippen LogP contribution in [0.5, 0.6) is 0 Å². The SMILES string of the molecule is CCNC(=NCc1cc(C)oc1C)NC1CCN(Cc2ccccc2C)CC1. The number of likely N-dealkylation sites (tertiary alicyclic amines) is 1. The van der Waals surface area contributed by atoms with Crippen molar-refractivity contribution in [2.24, 2.45) is 4.99 Å². The Morgan fingerprint density at radius 3 is 2.54 bits per heavy atom. The van der Waals surface area contributed by atoms with Crippen LogP contribution in [0.1, 0.15) is 48.0 Å². The van der Waals surface area contributed by atoms with Crippen molar-refractivity contribution < 1.29 is 4.42 Å². The summed E-state index contributed by atoms with van der Waals surface area (Å²) in [6.45, 7) is 13.1. The molecule has 2 aromatic rings. The summed E-state index contributed by atoms with van der Waals surface area (Å²) in [4.78, 5) is 7.33. The topological polar surface area (TPSA) is 52.8 Å². The van der Waals surface area contributed by atoms with E-state index in [-0.39, 0.29) is 0 Å². The van der Waals surface area contributed by atoms with Crippen LogP contribution < -0.4 is 10.6 Å². The van der Waals surface area contributed by atoms with Crippen LogP contribution in [0.2, 0.25) is 0 Å². The normalized spacial score (nSPS) is 16.4. The van der Waals surface area contributed by atoms with Gasteiger partial charge in [0.2, 0.25) is 0 Å². The highest BCUT2D eigenvalue weighted by atomic mass is 16.3. The lowest BCUT2D eigenvalue weighted by Crippen LogP contribution is -2.48. The fourth-order valence-corrected chi connectivity index (χ4v) is 3.78. The van der Waals surface area contributed by atoms with Gasteiger partial charge in [0.15, 0.2) is 5.96 Å². The van der Waals surface area contributed by atoms with Crippen molar-refractivity contribution in [2.45, 2.75) is 59.7 Å². The van der Waals surface area contributed by atoms with Gasteiger partial charge in [-0.1, -0.05) is 24.3 Å². The van der Waals surface area contributed by atoms with Crippen molar-refractivity contribution in [2.75, 3.05) is 19.6 Å². The van der Waals surface area contributed by atoms with Gasteiger partial charge in [-0.3, -0.25) is 4.90 Å². The summed E-state index contributed by atoms with van der Waals surface area (Å²) in [6.07, 6.45) is 2.28. The first-order chi connectivity index (χ1) is 13.5. The van der Waals surface area contributed by atoms with Gasteiger partial charge < -0.3 is 15.1 Å². The zero-order valence-corrected chi connectivity index (χ0v) is 17.7. The molecule has 3 rings (SSSR count). The van der Waals surface area contributed by atoms with Crippen molar-refractivity contribution in [3.63, 3.8) is 0 Å². The zero-order chi connectivity index (χ0) is 19.9. The molecule has 0 radical (unpaired) electrons. The van der Waals surface area contributed by atoms with Crippen LogP contribution in [0, 0.1) is 20.8 Å². The third kappa shape index (κ3) is 5.61. The minimum absolute atomic E-state index is 0.470. The Labute approximate surface area is 169 Å². The molecule has 2 heterocycles. The van der Waals surface area contributed by atoms with E-state index in [0.29, 0.717) is 12.6 Å². The van der Waals surface area contributed by atoms with Crippen LogP contribution in [-0.2, 0) is 13.1 Å². The summed E-state index contributed by atoms with van der Waals surface area (Å²) >= 11 is 0. The van der Waals surface area contributed by atoms with E-state index >= 15 is 0 Å². The molecule has 0 atom stereocenters. The predicted molar refractivity (Wildman–Crippen MR) is 116 cm³/mol. The van der Waals surface area contributed by atoms with Gasteiger partial charge in [-0.05, 0) is 57.7 Å². The first-order valence-corrected chi connectivity index (χ1v) is 10.4. The number of hydrogen-bond donors (Lipinski definition) is 2. The van der Waals surface area contributed by atoms with Crippen molar-refractivity contribution >= 4 is 5.96 Å². The van der Waals surface area contributed by atoms with Crippen LogP contribution in [0.4, 0.5) is 0 Å². The molecule has 1 aromatic carbocycles. The van der Waals surface area contributed by atoms with E-state index in [9.17, 15) is 0 Å². The largest absolute Gasteiger partial charge is 0.466 e. The number of furan rings is 1. The average molecular weight is 383 g/mol. The molecule has 152 valence electrons. The fraction of sp³-hybridized carbons (Fsp3) is 0.522. The summed E-state index contributed by atoms with van der Waals surface area (Å²) in [7, 11) is 0. The number of guanidine groups is 1. The fourth-order valence-electron chi connectivity index (χ4n) is 3.78. The van der Waals surface area contributed by atoms with Crippen molar-refractivity contribution in [3.05, 3.63) is 58.5 Å². The van der Waals surface area contributed by atoms with Gasteiger partial charge in [0.05, 0.1) is 6.54 Å². The Morgan fingerprint density at radius 1 is 1.14 bits per heavy atom. The maximum absolute atomic E-state index is 5.61. The van der Waals surface area contributed by atoms with Gasteiger partial charge in [-0.2, -0.15) is 0 Å². The molecule has 0 aliphatic carbocycles. The predicted octanol–water partition coefficient (Wildman–Crippen LogP) is 3.92. The van der Waals surface area contributed by atoms with Crippen molar-refractivity contribution in [3.8, 4) is 0 Å². The third-order valence-corrected chi connectivity index (χ3v) is 5.48. The van der Waals surface area contributed by atoms with Gasteiger partial charge in [0.1, 0.15) is 11.5 Å². The molecule has 0 spiro atoms. The van der Waals surface area contributed by atoms with Crippen LogP contribution in [0.25, 0.3) is 0 Å². The summed E-state index contributed by atoms with van der Waals surface area (Å²) in [5, 5.41) is 7.01. The van der Waals surface area contributed by atoms with E-state index in [2.05, 4.69) is 59.7 Å². The molecule has 1 aliphatic rings. The summed E-state index contributed by atoms with van der Waals surface area (Å²) in [6, 6.07) is 11.2. The second kappa shape index (κ2) is 9.78. The molecule has 0 unspecified atom stereocenters. The van der Waals surface area contributed by atoms with E-state index in [4.69, 9.17) is 9.41 Å². The zero-order valence-electron chi connectivity index (χ0n) is 17.7. The minimum atomic E-state index is 0.470. The molecule has 28 heavy (non-hydrogen) atoms. The number of nitrogens with one attached hydrogen (secondary N) is 2. The molecular weight excluding hydrogens is 348 g/mol. The summed E-state index contributed by atoms with van der Waals surface area (Å²) in [5.74, 6) is 2.81. The Kier molecular flexibility index (Phi) is 7.15. The molecule has 1 aromatic heterocycles. The Bertz CT molecular complexity index is 788. The summed E-state index contributed by atoms with van der Waals surface area (Å²) < 4.78 is 5.61. The van der Waals surface area contributed by atoms with Crippen molar-refractivity contribution in [1.82, 2.24) is 15.5 Å². The molecule has 5 heteroatoms. The smallest absolute Gasteiger partial charge is 0.191 e. The molecule has 0 saturated carbocycles. The standard InChI is InChI=1S/C23H34N4O/c1-5-24-23(25-15-21-14-18(3)28-19(21)4)26-22-10-12-27(13-11-22)16-20-9-7-6-8-17(20)2/h6-9,14,22H,5,10-13,15-16H2,1-4H3,(H2,24,25,26). The molecule has 1 saturated heterocycles. The third-order valence-electron chi connectivity index (χ3n) is 5.48. The first kappa shape index (κ1) is 20.5. The number of aryl methyl sites for hydroxylation is 3. The van der Waals surface area contributed by atoms with Gasteiger partial charge in [0, 0.05) is 37.8 Å². The monoisotopic (exact) mass is 382 g/mol. The lowest BCUT2D eigenvalue weighted by molar-refractivity contribution is 0.198. The van der Waals surface area contributed by atoms with Gasteiger partial charge >= 0.3 is 0 Å². The molecule has 0 amide bonds. The average Bonchev–Trinajstić information content (AvgIpc) is 3.00. The number of aliphatic imine (C=N–C) groups is 1. The Morgan fingerprint density at radius 2 is 1.89 bits per heavy atom.